The summed E-state index contributed by atoms with van der Waals surface area (Å²) in [6.07, 6.45) is -4.79. The van der Waals surface area contributed by atoms with Crippen molar-refractivity contribution < 1.29 is 22.7 Å². The molecule has 1 amide bonds. The van der Waals surface area contributed by atoms with Gasteiger partial charge >= 0.3 is 6.36 Å². The first kappa shape index (κ1) is 18.9. The summed E-state index contributed by atoms with van der Waals surface area (Å²) in [5, 5.41) is 1.32. The molecule has 0 aliphatic carbocycles. The standard InChI is InChI=1S/C22H16F3N2O2/c1-13-9-10-15-18(11-13)27(17-7-4-6-16(20(15)17)21(26)28)12-14-5-2-3-8-19(14)29-22(23,24)25/h2-9,11H,12H2,1H3,(H2,26,28). The number of ether oxygens (including phenoxy) is 1. The maximum absolute atomic E-state index is 12.8. The average molecular weight is 397 g/mol. The van der Waals surface area contributed by atoms with Crippen molar-refractivity contribution in [1.29, 1.82) is 0 Å². The van der Waals surface area contributed by atoms with Crippen LogP contribution in [0.4, 0.5) is 13.2 Å². The van der Waals surface area contributed by atoms with Gasteiger partial charge in [0.1, 0.15) is 5.75 Å². The van der Waals surface area contributed by atoms with Gasteiger partial charge in [-0.25, -0.2) is 0 Å². The predicted octanol–water partition coefficient (Wildman–Crippen LogP) is 4.95. The number of para-hydroxylation sites is 1. The molecule has 0 saturated carbocycles. The van der Waals surface area contributed by atoms with Gasteiger partial charge in [0.2, 0.25) is 5.91 Å². The number of alkyl halides is 3. The van der Waals surface area contributed by atoms with Gasteiger partial charge in [0, 0.05) is 21.9 Å². The number of benzene rings is 3. The molecule has 147 valence electrons. The number of amides is 1. The average Bonchev–Trinajstić information content (AvgIpc) is 2.95. The predicted molar refractivity (Wildman–Crippen MR) is 104 cm³/mol. The van der Waals surface area contributed by atoms with Crippen LogP contribution in [-0.2, 0) is 6.54 Å². The molecule has 0 atom stereocenters. The van der Waals surface area contributed by atoms with Crippen molar-refractivity contribution in [2.75, 3.05) is 0 Å². The van der Waals surface area contributed by atoms with Crippen molar-refractivity contribution in [2.24, 2.45) is 5.73 Å². The molecule has 0 bridgehead atoms. The molecule has 4 rings (SSSR count). The number of carbonyl (C=O) groups is 1. The highest BCUT2D eigenvalue weighted by Gasteiger charge is 2.32. The van der Waals surface area contributed by atoms with Gasteiger partial charge in [-0.1, -0.05) is 30.3 Å². The molecule has 2 N–H and O–H groups in total. The zero-order valence-electron chi connectivity index (χ0n) is 15.4. The Balaban J connectivity index is 1.96. The van der Waals surface area contributed by atoms with Crippen LogP contribution in [0.2, 0.25) is 0 Å². The van der Waals surface area contributed by atoms with Crippen LogP contribution in [0, 0.1) is 13.0 Å². The number of rotatable bonds is 4. The van der Waals surface area contributed by atoms with Crippen LogP contribution in [0.5, 0.6) is 5.75 Å². The van der Waals surface area contributed by atoms with Crippen molar-refractivity contribution in [3.63, 3.8) is 0 Å². The number of fused-ring (bicyclic) bond motifs is 3. The molecule has 1 radical (unpaired) electrons. The first-order valence-electron chi connectivity index (χ1n) is 8.81. The Kier molecular flexibility index (Phi) is 4.45. The fourth-order valence-electron chi connectivity index (χ4n) is 3.56. The van der Waals surface area contributed by atoms with Crippen molar-refractivity contribution in [1.82, 2.24) is 4.57 Å². The number of hydrogen-bond acceptors (Lipinski definition) is 2. The van der Waals surface area contributed by atoms with Crippen molar-refractivity contribution in [3.8, 4) is 5.75 Å². The smallest absolute Gasteiger partial charge is 0.405 e. The van der Waals surface area contributed by atoms with Crippen molar-refractivity contribution in [2.45, 2.75) is 19.8 Å². The second kappa shape index (κ2) is 6.84. The highest BCUT2D eigenvalue weighted by molar-refractivity contribution is 6.17. The summed E-state index contributed by atoms with van der Waals surface area (Å²) in [4.78, 5) is 12.0. The first-order valence-corrected chi connectivity index (χ1v) is 8.81. The van der Waals surface area contributed by atoms with Gasteiger partial charge in [0.05, 0.1) is 17.6 Å². The summed E-state index contributed by atoms with van der Waals surface area (Å²) in [6, 6.07) is 18.0. The maximum Gasteiger partial charge on any atom is 0.573 e. The largest absolute Gasteiger partial charge is 0.573 e. The van der Waals surface area contributed by atoms with Gasteiger partial charge in [0.15, 0.2) is 0 Å². The summed E-state index contributed by atoms with van der Waals surface area (Å²) in [5.74, 6) is -0.845. The lowest BCUT2D eigenvalue weighted by Crippen LogP contribution is -2.18. The Hall–Kier alpha value is -3.48. The van der Waals surface area contributed by atoms with E-state index in [1.807, 2.05) is 17.6 Å². The normalized spacial score (nSPS) is 11.9. The number of halogens is 3. The van der Waals surface area contributed by atoms with Crippen LogP contribution in [0.3, 0.4) is 0 Å². The molecule has 4 aromatic rings. The van der Waals surface area contributed by atoms with Crippen LogP contribution in [0.25, 0.3) is 21.8 Å². The fraction of sp³-hybridized carbons (Fsp3) is 0.136. The number of carbonyl (C=O) groups excluding carboxylic acids is 1. The molecule has 0 spiro atoms. The van der Waals surface area contributed by atoms with E-state index in [2.05, 4.69) is 10.8 Å². The van der Waals surface area contributed by atoms with Crippen molar-refractivity contribution >= 4 is 27.7 Å². The highest BCUT2D eigenvalue weighted by Crippen LogP contribution is 2.34. The quantitative estimate of drug-likeness (QED) is 0.530. The maximum atomic E-state index is 12.8. The monoisotopic (exact) mass is 397 g/mol. The van der Waals surface area contributed by atoms with E-state index in [4.69, 9.17) is 5.73 Å². The number of nitrogens with two attached hydrogens (primary N) is 1. The number of hydrogen-bond donors (Lipinski definition) is 1. The molecular formula is C22H16F3N2O2. The Labute approximate surface area is 164 Å². The van der Waals surface area contributed by atoms with E-state index in [9.17, 15) is 18.0 Å². The highest BCUT2D eigenvalue weighted by atomic mass is 19.4. The third kappa shape index (κ3) is 3.51. The van der Waals surface area contributed by atoms with Crippen molar-refractivity contribution in [3.05, 3.63) is 77.4 Å². The summed E-state index contributed by atoms with van der Waals surface area (Å²) in [7, 11) is 0. The Bertz CT molecular complexity index is 1240. The zero-order chi connectivity index (χ0) is 20.8. The molecule has 1 heterocycles. The van der Waals surface area contributed by atoms with E-state index in [1.165, 1.54) is 12.1 Å². The molecule has 29 heavy (non-hydrogen) atoms. The lowest BCUT2D eigenvalue weighted by atomic mass is 10.1. The van der Waals surface area contributed by atoms with Gasteiger partial charge in [-0.2, -0.15) is 0 Å². The lowest BCUT2D eigenvalue weighted by Gasteiger charge is -2.15. The first-order chi connectivity index (χ1) is 13.7. The second-order valence-corrected chi connectivity index (χ2v) is 6.74. The van der Waals surface area contributed by atoms with Gasteiger partial charge in [-0.15, -0.1) is 13.2 Å². The van der Waals surface area contributed by atoms with E-state index in [0.29, 0.717) is 27.4 Å². The summed E-state index contributed by atoms with van der Waals surface area (Å²) < 4.78 is 44.5. The molecule has 7 heteroatoms. The Morgan fingerprint density at radius 2 is 1.90 bits per heavy atom. The number of aryl methyl sites for hydroxylation is 1. The van der Waals surface area contributed by atoms with Crippen LogP contribution in [0.1, 0.15) is 21.5 Å². The van der Waals surface area contributed by atoms with E-state index in [0.717, 1.165) is 11.1 Å². The second-order valence-electron chi connectivity index (χ2n) is 6.74. The molecule has 0 saturated heterocycles. The minimum atomic E-state index is -4.79. The molecule has 0 aliphatic heterocycles. The van der Waals surface area contributed by atoms with Gasteiger partial charge in [-0.3, -0.25) is 4.79 Å². The van der Waals surface area contributed by atoms with Crippen LogP contribution in [0.15, 0.2) is 54.6 Å². The SMILES string of the molecule is Cc1c[c]c2c3c(C(N)=O)cccc3n(Cc3ccccc3OC(F)(F)F)c2c1. The Morgan fingerprint density at radius 1 is 1.14 bits per heavy atom. The number of nitrogens with zero attached hydrogens (tertiary/aromatic N) is 1. The minimum absolute atomic E-state index is 0.117. The zero-order valence-corrected chi connectivity index (χ0v) is 15.4. The van der Waals surface area contributed by atoms with E-state index in [-0.39, 0.29) is 12.3 Å². The molecule has 1 aromatic heterocycles. The van der Waals surface area contributed by atoms with E-state index >= 15 is 0 Å². The van der Waals surface area contributed by atoms with E-state index in [1.54, 1.807) is 36.4 Å². The van der Waals surface area contributed by atoms with Crippen LogP contribution < -0.4 is 10.5 Å². The van der Waals surface area contributed by atoms with Gasteiger partial charge in [0.25, 0.3) is 0 Å². The third-order valence-electron chi connectivity index (χ3n) is 4.73. The summed E-state index contributed by atoms with van der Waals surface area (Å²) >= 11 is 0. The molecule has 0 aliphatic rings. The third-order valence-corrected chi connectivity index (χ3v) is 4.73. The summed E-state index contributed by atoms with van der Waals surface area (Å²) in [5.41, 5.74) is 8.60. The van der Waals surface area contributed by atoms with Gasteiger partial charge < -0.3 is 15.0 Å². The fourth-order valence-corrected chi connectivity index (χ4v) is 3.56. The molecule has 0 unspecified atom stereocenters. The molecule has 0 fully saturated rings. The van der Waals surface area contributed by atoms with Crippen LogP contribution >= 0.6 is 0 Å². The minimum Gasteiger partial charge on any atom is -0.405 e. The Morgan fingerprint density at radius 3 is 2.62 bits per heavy atom. The summed E-state index contributed by atoms with van der Waals surface area (Å²) in [6.45, 7) is 2.01. The molecule has 4 nitrogen and oxygen atoms in total. The number of aromatic nitrogens is 1. The topological polar surface area (TPSA) is 57.2 Å². The molecule has 3 aromatic carbocycles. The van der Waals surface area contributed by atoms with Crippen LogP contribution in [-0.4, -0.2) is 16.8 Å². The lowest BCUT2D eigenvalue weighted by molar-refractivity contribution is -0.274. The molecular weight excluding hydrogens is 381 g/mol. The van der Waals surface area contributed by atoms with Gasteiger partial charge in [-0.05, 0) is 42.8 Å². The van der Waals surface area contributed by atoms with E-state index < -0.39 is 12.3 Å². The number of primary amides is 1.